The Labute approximate surface area is 123 Å². The third-order valence-electron chi connectivity index (χ3n) is 2.80. The predicted molar refractivity (Wildman–Crippen MR) is 78.3 cm³/mol. The van der Waals surface area contributed by atoms with Gasteiger partial charge in [0.15, 0.2) is 0 Å². The Hall–Kier alpha value is -1.93. The van der Waals surface area contributed by atoms with Crippen molar-refractivity contribution in [3.05, 3.63) is 36.3 Å². The molecule has 0 spiro atoms. The Kier molecular flexibility index (Phi) is 4.92. The van der Waals surface area contributed by atoms with E-state index in [1.807, 2.05) is 13.8 Å². The molecule has 2 heterocycles. The normalized spacial score (nSPS) is 11.5. The summed E-state index contributed by atoms with van der Waals surface area (Å²) in [6, 6.07) is 1.62. The highest BCUT2D eigenvalue weighted by molar-refractivity contribution is 7.89. The second kappa shape index (κ2) is 6.68. The van der Waals surface area contributed by atoms with Gasteiger partial charge in [0, 0.05) is 25.4 Å². The van der Waals surface area contributed by atoms with E-state index in [2.05, 4.69) is 20.0 Å². The maximum absolute atomic E-state index is 12.3. The van der Waals surface area contributed by atoms with Crippen LogP contribution in [0.5, 0.6) is 0 Å². The van der Waals surface area contributed by atoms with E-state index in [1.165, 1.54) is 6.20 Å². The van der Waals surface area contributed by atoms with Crippen molar-refractivity contribution in [3.8, 4) is 0 Å². The zero-order valence-corrected chi connectivity index (χ0v) is 12.8. The summed E-state index contributed by atoms with van der Waals surface area (Å²) >= 11 is 0. The van der Waals surface area contributed by atoms with Crippen molar-refractivity contribution in [2.24, 2.45) is 0 Å². The van der Waals surface area contributed by atoms with Crippen LogP contribution >= 0.6 is 0 Å². The lowest BCUT2D eigenvalue weighted by molar-refractivity contribution is 0.452. The molecule has 8 heteroatoms. The summed E-state index contributed by atoms with van der Waals surface area (Å²) in [5, 5.41) is 3.00. The van der Waals surface area contributed by atoms with E-state index in [4.69, 9.17) is 4.42 Å². The molecule has 2 N–H and O–H groups in total. The summed E-state index contributed by atoms with van der Waals surface area (Å²) in [5.41, 5.74) is 0.515. The van der Waals surface area contributed by atoms with Gasteiger partial charge in [0.2, 0.25) is 15.9 Å². The summed E-state index contributed by atoms with van der Waals surface area (Å²) in [7, 11) is -3.68. The van der Waals surface area contributed by atoms with Crippen molar-refractivity contribution in [2.75, 3.05) is 11.9 Å². The minimum atomic E-state index is -3.68. The molecule has 0 fully saturated rings. The number of sulfonamides is 1. The van der Waals surface area contributed by atoms with Crippen molar-refractivity contribution in [1.29, 1.82) is 0 Å². The van der Waals surface area contributed by atoms with Crippen LogP contribution in [0.2, 0.25) is 0 Å². The Morgan fingerprint density at radius 1 is 1.29 bits per heavy atom. The summed E-state index contributed by atoms with van der Waals surface area (Å²) < 4.78 is 32.5. The highest BCUT2D eigenvalue weighted by atomic mass is 32.2. The Morgan fingerprint density at radius 3 is 2.76 bits per heavy atom. The number of rotatable bonds is 7. The van der Waals surface area contributed by atoms with Crippen molar-refractivity contribution >= 4 is 15.7 Å². The maximum atomic E-state index is 12.3. The molecule has 2 aromatic rings. The van der Waals surface area contributed by atoms with Gasteiger partial charge >= 0.3 is 0 Å². The number of oxazole rings is 1. The second-order valence-electron chi connectivity index (χ2n) is 4.30. The fourth-order valence-electron chi connectivity index (χ4n) is 1.76. The van der Waals surface area contributed by atoms with Gasteiger partial charge in [-0.2, -0.15) is 0 Å². The first-order valence-electron chi connectivity index (χ1n) is 6.68. The van der Waals surface area contributed by atoms with Gasteiger partial charge in [-0.25, -0.2) is 18.1 Å². The average Bonchev–Trinajstić information content (AvgIpc) is 2.94. The van der Waals surface area contributed by atoms with Crippen LogP contribution in [0.3, 0.4) is 0 Å². The molecule has 114 valence electrons. The zero-order chi connectivity index (χ0) is 15.3. The van der Waals surface area contributed by atoms with E-state index in [-0.39, 0.29) is 11.4 Å². The van der Waals surface area contributed by atoms with Gasteiger partial charge in [-0.15, -0.1) is 0 Å². The maximum Gasteiger partial charge on any atom is 0.244 e. The van der Waals surface area contributed by atoms with E-state index < -0.39 is 10.0 Å². The van der Waals surface area contributed by atoms with Crippen LogP contribution in [0.4, 0.5) is 5.69 Å². The zero-order valence-electron chi connectivity index (χ0n) is 12.0. The SMILES string of the molecule is CCNc1ccncc1S(=O)(=O)NCc1ncc(CC)o1. The van der Waals surface area contributed by atoms with Crippen molar-refractivity contribution in [1.82, 2.24) is 14.7 Å². The number of anilines is 1. The molecule has 7 nitrogen and oxygen atoms in total. The molecule has 0 amide bonds. The average molecular weight is 310 g/mol. The number of aryl methyl sites for hydroxylation is 1. The lowest BCUT2D eigenvalue weighted by Gasteiger charge is -2.10. The van der Waals surface area contributed by atoms with Gasteiger partial charge in [-0.05, 0) is 13.0 Å². The Bertz CT molecular complexity index is 697. The summed E-state index contributed by atoms with van der Waals surface area (Å²) in [5.74, 6) is 1.06. The smallest absolute Gasteiger partial charge is 0.244 e. The molecule has 0 saturated carbocycles. The quantitative estimate of drug-likeness (QED) is 0.805. The lowest BCUT2D eigenvalue weighted by atomic mass is 10.4. The predicted octanol–water partition coefficient (Wildman–Crippen LogP) is 1.54. The number of aromatic nitrogens is 2. The van der Waals surface area contributed by atoms with E-state index in [9.17, 15) is 8.42 Å². The number of nitrogens with zero attached hydrogens (tertiary/aromatic N) is 2. The van der Waals surface area contributed by atoms with Crippen molar-refractivity contribution in [2.45, 2.75) is 31.7 Å². The van der Waals surface area contributed by atoms with Crippen LogP contribution < -0.4 is 10.0 Å². The van der Waals surface area contributed by atoms with Crippen molar-refractivity contribution in [3.63, 3.8) is 0 Å². The molecule has 2 rings (SSSR count). The lowest BCUT2D eigenvalue weighted by Crippen LogP contribution is -2.24. The third kappa shape index (κ3) is 3.79. The van der Waals surface area contributed by atoms with Gasteiger partial charge in [0.05, 0.1) is 18.4 Å². The third-order valence-corrected chi connectivity index (χ3v) is 4.23. The van der Waals surface area contributed by atoms with Crippen LogP contribution in [-0.2, 0) is 23.0 Å². The van der Waals surface area contributed by atoms with E-state index in [1.54, 1.807) is 18.5 Å². The molecule has 2 aromatic heterocycles. The number of nitrogens with one attached hydrogen (secondary N) is 2. The van der Waals surface area contributed by atoms with Crippen molar-refractivity contribution < 1.29 is 12.8 Å². The fraction of sp³-hybridized carbons (Fsp3) is 0.385. The molecule has 0 bridgehead atoms. The molecule has 0 unspecified atom stereocenters. The topological polar surface area (TPSA) is 97.1 Å². The molecule has 0 aliphatic carbocycles. The van der Waals surface area contributed by atoms with Gasteiger partial charge < -0.3 is 9.73 Å². The van der Waals surface area contributed by atoms with Gasteiger partial charge in [-0.1, -0.05) is 6.92 Å². The largest absolute Gasteiger partial charge is 0.444 e. The van der Waals surface area contributed by atoms with Crippen LogP contribution in [0.15, 0.2) is 34.0 Å². The molecule has 0 aliphatic rings. The summed E-state index contributed by atoms with van der Waals surface area (Å²) in [6.45, 7) is 4.45. The summed E-state index contributed by atoms with van der Waals surface area (Å²) in [6.07, 6.45) is 5.16. The molecular weight excluding hydrogens is 292 g/mol. The van der Waals surface area contributed by atoms with E-state index in [0.29, 0.717) is 24.5 Å². The number of hydrogen-bond donors (Lipinski definition) is 2. The Morgan fingerprint density at radius 2 is 2.10 bits per heavy atom. The van der Waals surface area contributed by atoms with Crippen LogP contribution in [0.25, 0.3) is 0 Å². The second-order valence-corrected chi connectivity index (χ2v) is 6.04. The van der Waals surface area contributed by atoms with Crippen LogP contribution in [0.1, 0.15) is 25.5 Å². The molecule has 21 heavy (non-hydrogen) atoms. The van der Waals surface area contributed by atoms with E-state index in [0.717, 1.165) is 5.76 Å². The number of hydrogen-bond acceptors (Lipinski definition) is 6. The highest BCUT2D eigenvalue weighted by Crippen LogP contribution is 2.19. The van der Waals surface area contributed by atoms with Gasteiger partial charge in [-0.3, -0.25) is 4.98 Å². The molecule has 0 aromatic carbocycles. The highest BCUT2D eigenvalue weighted by Gasteiger charge is 2.19. The first-order chi connectivity index (χ1) is 10.1. The first-order valence-corrected chi connectivity index (χ1v) is 8.16. The number of pyridine rings is 1. The molecule has 0 aliphatic heterocycles. The fourth-order valence-corrected chi connectivity index (χ4v) is 2.86. The minimum Gasteiger partial charge on any atom is -0.444 e. The minimum absolute atomic E-state index is 0.00277. The van der Waals surface area contributed by atoms with E-state index >= 15 is 0 Å². The molecule has 0 atom stereocenters. The van der Waals surface area contributed by atoms with Crippen LogP contribution in [0, 0.1) is 0 Å². The van der Waals surface area contributed by atoms with Crippen LogP contribution in [-0.4, -0.2) is 24.9 Å². The van der Waals surface area contributed by atoms with Gasteiger partial charge in [0.25, 0.3) is 0 Å². The molecule has 0 saturated heterocycles. The Balaban J connectivity index is 2.14. The standard InChI is InChI=1S/C13H18N4O3S/c1-3-10-7-16-13(20-10)9-17-21(18,19)12-8-14-6-5-11(12)15-4-2/h5-8,17H,3-4,9H2,1-2H3,(H,14,15). The first kappa shape index (κ1) is 15.5. The molecular formula is C13H18N4O3S. The molecule has 0 radical (unpaired) electrons. The van der Waals surface area contributed by atoms with Gasteiger partial charge in [0.1, 0.15) is 10.7 Å². The monoisotopic (exact) mass is 310 g/mol. The summed E-state index contributed by atoms with van der Waals surface area (Å²) in [4.78, 5) is 7.99.